The second kappa shape index (κ2) is 7.89. The molecule has 1 aromatic rings. The lowest BCUT2D eigenvalue weighted by Gasteiger charge is -2.27. The van der Waals surface area contributed by atoms with Crippen LogP contribution in [0, 0.1) is 0 Å². The van der Waals surface area contributed by atoms with E-state index in [1.54, 1.807) is 6.92 Å². The second-order valence-electron chi connectivity index (χ2n) is 5.07. The molecule has 1 aromatic carbocycles. The highest BCUT2D eigenvalue weighted by Crippen LogP contribution is 2.15. The van der Waals surface area contributed by atoms with Gasteiger partial charge in [-0.15, -0.1) is 0 Å². The van der Waals surface area contributed by atoms with Crippen LogP contribution in [0.3, 0.4) is 0 Å². The molecule has 1 atom stereocenters. The molecular formula is C16H19FN2O2S. The molecule has 0 radical (unpaired) electrons. The molecule has 1 heterocycles. The van der Waals surface area contributed by atoms with Crippen LogP contribution in [-0.4, -0.2) is 30.4 Å². The molecule has 0 aliphatic carbocycles. The van der Waals surface area contributed by atoms with Gasteiger partial charge in [-0.3, -0.25) is 0 Å². The van der Waals surface area contributed by atoms with Gasteiger partial charge in [-0.2, -0.15) is 0 Å². The van der Waals surface area contributed by atoms with E-state index in [1.807, 2.05) is 30.3 Å². The summed E-state index contributed by atoms with van der Waals surface area (Å²) >= 11 is 4.95. The Bertz CT molecular complexity index is 575. The Hall–Kier alpha value is -1.95. The number of alkyl halides is 1. The minimum atomic E-state index is -0.740. The molecule has 2 N–H and O–H groups in total. The fraction of sp³-hybridized carbons (Fsp3) is 0.375. The number of carbonyl (C=O) groups excluding carboxylic acids is 1. The van der Waals surface area contributed by atoms with Crippen LogP contribution in [0.2, 0.25) is 0 Å². The third kappa shape index (κ3) is 4.27. The molecular weight excluding hydrogens is 303 g/mol. The summed E-state index contributed by atoms with van der Waals surface area (Å²) < 4.78 is 18.3. The summed E-state index contributed by atoms with van der Waals surface area (Å²) in [7, 11) is 0. The first-order valence-electron chi connectivity index (χ1n) is 7.17. The molecule has 0 aromatic heterocycles. The van der Waals surface area contributed by atoms with Crippen molar-refractivity contribution < 1.29 is 13.9 Å². The fourth-order valence-electron chi connectivity index (χ4n) is 2.34. The van der Waals surface area contributed by atoms with Gasteiger partial charge in [0.25, 0.3) is 0 Å². The van der Waals surface area contributed by atoms with Gasteiger partial charge >= 0.3 is 5.97 Å². The molecule has 0 saturated heterocycles. The van der Waals surface area contributed by atoms with Gasteiger partial charge in [0.1, 0.15) is 6.67 Å². The SMILES string of the molecule is CC1=C(C(=O)OCCCc2ccccc2)C(CF)NC(=S)N1. The van der Waals surface area contributed by atoms with Crippen molar-refractivity contribution in [2.75, 3.05) is 13.3 Å². The Balaban J connectivity index is 1.86. The highest BCUT2D eigenvalue weighted by atomic mass is 32.1. The number of carbonyl (C=O) groups is 1. The number of nitrogens with one attached hydrogen (secondary N) is 2. The summed E-state index contributed by atoms with van der Waals surface area (Å²) in [5.74, 6) is -0.504. The maximum atomic E-state index is 13.1. The zero-order valence-electron chi connectivity index (χ0n) is 12.4. The summed E-state index contributed by atoms with van der Waals surface area (Å²) in [6.45, 7) is 1.28. The number of allylic oxidation sites excluding steroid dienone is 1. The van der Waals surface area contributed by atoms with Crippen LogP contribution < -0.4 is 10.6 Å². The number of thiocarbonyl (C=S) groups is 1. The van der Waals surface area contributed by atoms with E-state index in [0.29, 0.717) is 17.4 Å². The van der Waals surface area contributed by atoms with Gasteiger partial charge in [-0.1, -0.05) is 30.3 Å². The third-order valence-corrected chi connectivity index (χ3v) is 3.64. The van der Waals surface area contributed by atoms with E-state index in [1.165, 1.54) is 5.56 Å². The third-order valence-electron chi connectivity index (χ3n) is 3.42. The number of rotatable bonds is 6. The Morgan fingerprint density at radius 2 is 2.09 bits per heavy atom. The van der Waals surface area contributed by atoms with Gasteiger partial charge in [-0.25, -0.2) is 9.18 Å². The van der Waals surface area contributed by atoms with Crippen molar-refractivity contribution in [3.05, 3.63) is 47.2 Å². The molecule has 1 unspecified atom stereocenters. The van der Waals surface area contributed by atoms with Gasteiger partial charge in [-0.05, 0) is 37.5 Å². The van der Waals surface area contributed by atoms with Gasteiger partial charge in [0.15, 0.2) is 5.11 Å². The predicted octanol–water partition coefficient (Wildman–Crippen LogP) is 2.25. The number of benzene rings is 1. The Morgan fingerprint density at radius 1 is 1.36 bits per heavy atom. The molecule has 4 nitrogen and oxygen atoms in total. The van der Waals surface area contributed by atoms with E-state index < -0.39 is 18.7 Å². The summed E-state index contributed by atoms with van der Waals surface area (Å²) in [5.41, 5.74) is 2.01. The molecule has 1 aliphatic heterocycles. The number of hydrogen-bond donors (Lipinski definition) is 2. The van der Waals surface area contributed by atoms with Crippen molar-refractivity contribution >= 4 is 23.3 Å². The molecule has 1 aliphatic rings. The lowest BCUT2D eigenvalue weighted by molar-refractivity contribution is -0.139. The Kier molecular flexibility index (Phi) is 5.89. The molecule has 0 bridgehead atoms. The quantitative estimate of drug-likeness (QED) is 0.478. The fourth-order valence-corrected chi connectivity index (χ4v) is 2.64. The minimum absolute atomic E-state index is 0.274. The molecule has 22 heavy (non-hydrogen) atoms. The van der Waals surface area contributed by atoms with E-state index in [9.17, 15) is 9.18 Å². The van der Waals surface area contributed by atoms with Gasteiger partial charge in [0, 0.05) is 5.70 Å². The van der Waals surface area contributed by atoms with Crippen LogP contribution in [0.4, 0.5) is 4.39 Å². The number of hydrogen-bond acceptors (Lipinski definition) is 3. The first-order chi connectivity index (χ1) is 10.6. The standard InChI is InChI=1S/C16H19FN2O2S/c1-11-14(13(10-17)19-16(22)18-11)15(20)21-9-5-8-12-6-3-2-4-7-12/h2-4,6-7,13H,5,8-10H2,1H3,(H2,18,19,22). The zero-order chi connectivity index (χ0) is 15.9. The maximum absolute atomic E-state index is 13.1. The molecule has 0 amide bonds. The van der Waals surface area contributed by atoms with E-state index in [-0.39, 0.29) is 5.57 Å². The predicted molar refractivity (Wildman–Crippen MR) is 87.1 cm³/mol. The average molecular weight is 322 g/mol. The Morgan fingerprint density at radius 3 is 2.77 bits per heavy atom. The summed E-state index contributed by atoms with van der Waals surface area (Å²) in [5, 5.41) is 5.87. The normalized spacial score (nSPS) is 17.7. The number of halogens is 1. The number of ether oxygens (including phenoxy) is 1. The number of aryl methyl sites for hydroxylation is 1. The van der Waals surface area contributed by atoms with E-state index in [0.717, 1.165) is 12.8 Å². The van der Waals surface area contributed by atoms with Crippen molar-refractivity contribution in [2.24, 2.45) is 0 Å². The van der Waals surface area contributed by atoms with Crippen LogP contribution in [-0.2, 0) is 16.0 Å². The second-order valence-corrected chi connectivity index (χ2v) is 5.48. The highest BCUT2D eigenvalue weighted by molar-refractivity contribution is 7.80. The molecule has 2 rings (SSSR count). The zero-order valence-corrected chi connectivity index (χ0v) is 13.2. The van der Waals surface area contributed by atoms with Crippen molar-refractivity contribution in [3.63, 3.8) is 0 Å². The Labute approximate surface area is 134 Å². The average Bonchev–Trinajstić information content (AvgIpc) is 2.51. The monoisotopic (exact) mass is 322 g/mol. The largest absolute Gasteiger partial charge is 0.462 e. The van der Waals surface area contributed by atoms with Crippen molar-refractivity contribution in [3.8, 4) is 0 Å². The van der Waals surface area contributed by atoms with Crippen LogP contribution in [0.5, 0.6) is 0 Å². The lowest BCUT2D eigenvalue weighted by atomic mass is 10.0. The van der Waals surface area contributed by atoms with E-state index in [2.05, 4.69) is 10.6 Å². The van der Waals surface area contributed by atoms with Crippen LogP contribution >= 0.6 is 12.2 Å². The molecule has 118 valence electrons. The van der Waals surface area contributed by atoms with Crippen LogP contribution in [0.25, 0.3) is 0 Å². The van der Waals surface area contributed by atoms with Gasteiger partial charge in [0.05, 0.1) is 18.2 Å². The molecule has 0 saturated carbocycles. The van der Waals surface area contributed by atoms with E-state index >= 15 is 0 Å². The first-order valence-corrected chi connectivity index (χ1v) is 7.58. The van der Waals surface area contributed by atoms with Crippen molar-refractivity contribution in [1.82, 2.24) is 10.6 Å². The molecule has 6 heteroatoms. The molecule has 0 spiro atoms. The van der Waals surface area contributed by atoms with Crippen LogP contribution in [0.1, 0.15) is 18.9 Å². The highest BCUT2D eigenvalue weighted by Gasteiger charge is 2.29. The van der Waals surface area contributed by atoms with Crippen molar-refractivity contribution in [1.29, 1.82) is 0 Å². The number of esters is 1. The smallest absolute Gasteiger partial charge is 0.337 e. The van der Waals surface area contributed by atoms with Gasteiger partial charge in [0.2, 0.25) is 0 Å². The summed E-state index contributed by atoms with van der Waals surface area (Å²) in [6, 6.07) is 9.24. The minimum Gasteiger partial charge on any atom is -0.462 e. The summed E-state index contributed by atoms with van der Waals surface area (Å²) in [4.78, 5) is 12.1. The topological polar surface area (TPSA) is 50.4 Å². The maximum Gasteiger partial charge on any atom is 0.337 e. The van der Waals surface area contributed by atoms with Gasteiger partial charge < -0.3 is 15.4 Å². The van der Waals surface area contributed by atoms with E-state index in [4.69, 9.17) is 17.0 Å². The van der Waals surface area contributed by atoms with Crippen LogP contribution in [0.15, 0.2) is 41.6 Å². The lowest BCUT2D eigenvalue weighted by Crippen LogP contribution is -2.50. The molecule has 0 fully saturated rings. The first kappa shape index (κ1) is 16.4. The summed E-state index contributed by atoms with van der Waals surface area (Å²) in [6.07, 6.45) is 1.56. The van der Waals surface area contributed by atoms with Crippen molar-refractivity contribution in [2.45, 2.75) is 25.8 Å².